The average Bonchev–Trinajstić information content (AvgIpc) is 2.96. The van der Waals surface area contributed by atoms with E-state index in [-0.39, 0.29) is 0 Å². The fraction of sp³-hybridized carbons (Fsp3) is 0.727. The zero-order valence-electron chi connectivity index (χ0n) is 17.9. The number of fused-ring (bicyclic) bond motifs is 1. The first kappa shape index (κ1) is 21.7. The van der Waals surface area contributed by atoms with Crippen LogP contribution in [0.3, 0.4) is 0 Å². The second-order valence-corrected chi connectivity index (χ2v) is 21.5. The molecule has 2 aromatic rings. The van der Waals surface area contributed by atoms with Crippen LogP contribution >= 0.6 is 0 Å². The van der Waals surface area contributed by atoms with Crippen molar-refractivity contribution in [3.63, 3.8) is 0 Å². The molecule has 4 heteroatoms. The number of pyridine rings is 1. The van der Waals surface area contributed by atoms with Gasteiger partial charge in [-0.3, -0.25) is 0 Å². The second kappa shape index (κ2) is 10.1. The van der Waals surface area contributed by atoms with Gasteiger partial charge in [0.05, 0.1) is 0 Å². The van der Waals surface area contributed by atoms with Crippen LogP contribution in [-0.2, 0) is 0 Å². The van der Waals surface area contributed by atoms with Crippen LogP contribution in [0.25, 0.3) is 11.2 Å². The number of imidazole rings is 1. The number of hydrogen-bond acceptors (Lipinski definition) is 2. The minimum absolute atomic E-state index is 0.434. The van der Waals surface area contributed by atoms with E-state index >= 15 is 0 Å². The maximum absolute atomic E-state index is 4.86. The first-order valence-corrected chi connectivity index (χ1v) is 18.3. The summed E-state index contributed by atoms with van der Waals surface area (Å²) in [4.78, 5) is 9.57. The molecular weight excluding hydrogens is 425 g/mol. The summed E-state index contributed by atoms with van der Waals surface area (Å²) < 4.78 is 8.51. The zero-order chi connectivity index (χ0) is 19.2. The van der Waals surface area contributed by atoms with Crippen molar-refractivity contribution in [2.45, 2.75) is 99.4 Å². The summed E-state index contributed by atoms with van der Waals surface area (Å²) >= 11 is -2.42. The molecule has 0 fully saturated rings. The van der Waals surface area contributed by atoms with E-state index in [2.05, 4.69) is 58.4 Å². The number of unbranched alkanes of at least 4 members (excludes halogenated alkanes) is 3. The van der Waals surface area contributed by atoms with Crippen LogP contribution in [0.15, 0.2) is 12.3 Å². The Morgan fingerprint density at radius 2 is 1.50 bits per heavy atom. The van der Waals surface area contributed by atoms with Gasteiger partial charge >= 0.3 is 165 Å². The molecular formula is C22H39N3Sn. The fourth-order valence-electron chi connectivity index (χ4n) is 4.39. The monoisotopic (exact) mass is 465 g/mol. The Kier molecular flexibility index (Phi) is 8.43. The summed E-state index contributed by atoms with van der Waals surface area (Å²) in [7, 11) is 0. The third-order valence-corrected chi connectivity index (χ3v) is 21.4. The van der Waals surface area contributed by atoms with E-state index in [9.17, 15) is 0 Å². The Bertz CT molecular complexity index is 668. The van der Waals surface area contributed by atoms with Crippen LogP contribution in [0.2, 0.25) is 13.3 Å². The van der Waals surface area contributed by atoms with Crippen LogP contribution in [0, 0.1) is 6.92 Å². The van der Waals surface area contributed by atoms with Gasteiger partial charge in [-0.2, -0.15) is 0 Å². The Balaban J connectivity index is 2.55. The van der Waals surface area contributed by atoms with Gasteiger partial charge < -0.3 is 0 Å². The van der Waals surface area contributed by atoms with Crippen molar-refractivity contribution >= 4 is 33.1 Å². The first-order chi connectivity index (χ1) is 12.5. The summed E-state index contributed by atoms with van der Waals surface area (Å²) in [5.74, 6) is 1.09. The predicted molar refractivity (Wildman–Crippen MR) is 117 cm³/mol. The number of aromatic nitrogens is 3. The molecule has 0 aliphatic rings. The summed E-state index contributed by atoms with van der Waals surface area (Å²) in [6.45, 7) is 13.6. The van der Waals surface area contributed by atoms with Gasteiger partial charge in [-0.1, -0.05) is 0 Å². The molecule has 2 aromatic heterocycles. The van der Waals surface area contributed by atoms with Gasteiger partial charge in [-0.15, -0.1) is 0 Å². The van der Waals surface area contributed by atoms with Crippen LogP contribution < -0.4 is 3.58 Å². The van der Waals surface area contributed by atoms with E-state index in [1.807, 2.05) is 0 Å². The van der Waals surface area contributed by atoms with Crippen molar-refractivity contribution in [1.29, 1.82) is 0 Å². The van der Waals surface area contributed by atoms with Crippen LogP contribution in [0.5, 0.6) is 0 Å². The van der Waals surface area contributed by atoms with Gasteiger partial charge in [0.15, 0.2) is 0 Å². The van der Waals surface area contributed by atoms with Gasteiger partial charge in [0, 0.05) is 0 Å². The Morgan fingerprint density at radius 3 is 1.96 bits per heavy atom. The molecule has 2 rings (SSSR count). The fourth-order valence-corrected chi connectivity index (χ4v) is 20.1. The third kappa shape index (κ3) is 4.82. The molecule has 0 aromatic carbocycles. The topological polar surface area (TPSA) is 30.7 Å². The molecule has 0 saturated heterocycles. The molecule has 0 aliphatic carbocycles. The van der Waals surface area contributed by atoms with Gasteiger partial charge in [-0.05, 0) is 0 Å². The molecule has 0 bridgehead atoms. The summed E-state index contributed by atoms with van der Waals surface area (Å²) in [6.07, 6.45) is 10.4. The van der Waals surface area contributed by atoms with Crippen molar-refractivity contribution in [2.24, 2.45) is 0 Å². The number of aryl methyl sites for hydroxylation is 1. The van der Waals surface area contributed by atoms with Gasteiger partial charge in [0.1, 0.15) is 0 Å². The van der Waals surface area contributed by atoms with Crippen LogP contribution in [-0.4, -0.2) is 32.9 Å². The molecule has 0 saturated carbocycles. The molecule has 0 aliphatic heterocycles. The third-order valence-electron chi connectivity index (χ3n) is 5.88. The molecule has 3 nitrogen and oxygen atoms in total. The molecule has 0 radical (unpaired) electrons. The molecule has 0 N–H and O–H groups in total. The average molecular weight is 464 g/mol. The number of nitrogens with zero attached hydrogens (tertiary/aromatic N) is 3. The second-order valence-electron chi connectivity index (χ2n) is 8.28. The van der Waals surface area contributed by atoms with E-state index in [4.69, 9.17) is 9.97 Å². The Morgan fingerprint density at radius 1 is 0.962 bits per heavy atom. The summed E-state index contributed by atoms with van der Waals surface area (Å²) in [6, 6.07) is 2.95. The maximum atomic E-state index is 4.86. The number of rotatable bonds is 11. The van der Waals surface area contributed by atoms with Crippen LogP contribution in [0.4, 0.5) is 0 Å². The molecule has 0 amide bonds. The quantitative estimate of drug-likeness (QED) is 0.362. The molecule has 0 atom stereocenters. The Hall–Kier alpha value is -0.581. The molecule has 146 valence electrons. The van der Waals surface area contributed by atoms with Crippen molar-refractivity contribution in [2.75, 3.05) is 0 Å². The van der Waals surface area contributed by atoms with Crippen molar-refractivity contribution in [3.05, 3.63) is 18.1 Å². The minimum atomic E-state index is -2.42. The van der Waals surface area contributed by atoms with E-state index < -0.39 is 18.4 Å². The van der Waals surface area contributed by atoms with E-state index in [1.165, 1.54) is 57.4 Å². The normalized spacial score (nSPS) is 12.4. The van der Waals surface area contributed by atoms with Gasteiger partial charge in [-0.25, -0.2) is 0 Å². The zero-order valence-corrected chi connectivity index (χ0v) is 20.8. The molecule has 0 spiro atoms. The van der Waals surface area contributed by atoms with E-state index in [0.29, 0.717) is 6.04 Å². The molecule has 26 heavy (non-hydrogen) atoms. The SMILES string of the molecule is CCC[CH2][Sn]([CH2]CCC)([CH2]CCC)[c]1cnc2nc(C)n(C(C)C)c2c1. The summed E-state index contributed by atoms with van der Waals surface area (Å²) in [5.41, 5.74) is 2.20. The number of hydrogen-bond donors (Lipinski definition) is 0. The summed E-state index contributed by atoms with van der Waals surface area (Å²) in [5, 5.41) is 0. The van der Waals surface area contributed by atoms with Crippen molar-refractivity contribution in [1.82, 2.24) is 14.5 Å². The van der Waals surface area contributed by atoms with Crippen molar-refractivity contribution < 1.29 is 0 Å². The first-order valence-electron chi connectivity index (χ1n) is 10.8. The molecule has 0 unspecified atom stereocenters. The standard InChI is InChI=1S/C10H12N3.3C4H9.Sn/c1-7(2)13-8(3)12-10-9(13)5-4-6-11-10;3*1-3-4-2;/h5-7H,1-3H3;3*1,3-4H2,2H3;. The molecule has 2 heterocycles. The van der Waals surface area contributed by atoms with Crippen molar-refractivity contribution in [3.8, 4) is 0 Å². The van der Waals surface area contributed by atoms with E-state index in [0.717, 1.165) is 11.5 Å². The predicted octanol–water partition coefficient (Wildman–Crippen LogP) is 6.38. The van der Waals surface area contributed by atoms with Gasteiger partial charge in [0.25, 0.3) is 0 Å². The Labute approximate surface area is 164 Å². The van der Waals surface area contributed by atoms with Crippen LogP contribution in [0.1, 0.15) is 85.0 Å². The van der Waals surface area contributed by atoms with Gasteiger partial charge in [0.2, 0.25) is 0 Å². The van der Waals surface area contributed by atoms with E-state index in [1.54, 1.807) is 3.58 Å².